The number of amides is 2. The molecule has 4 N–H and O–H groups in total. The summed E-state index contributed by atoms with van der Waals surface area (Å²) >= 11 is 0. The molecule has 0 bridgehead atoms. The van der Waals surface area contributed by atoms with Crippen molar-refractivity contribution in [2.75, 3.05) is 16.4 Å². The van der Waals surface area contributed by atoms with Crippen LogP contribution in [-0.4, -0.2) is 31.9 Å². The van der Waals surface area contributed by atoms with Crippen LogP contribution >= 0.6 is 0 Å². The van der Waals surface area contributed by atoms with Crippen LogP contribution in [0.4, 0.5) is 35.3 Å². The lowest BCUT2D eigenvalue weighted by Gasteiger charge is -2.10. The molecule has 2 amide bonds. The molecule has 0 aliphatic heterocycles. The highest BCUT2D eigenvalue weighted by molar-refractivity contribution is 6.01. The predicted molar refractivity (Wildman–Crippen MR) is 110 cm³/mol. The van der Waals surface area contributed by atoms with E-state index in [4.69, 9.17) is 5.73 Å². The second-order valence-corrected chi connectivity index (χ2v) is 6.60. The first-order valence-electron chi connectivity index (χ1n) is 9.05. The standard InChI is InChI=1S/C20H14F3N7O2/c21-20(22,23)13-5-6-25-15(7-13)29-19(32)28-14-3-1-11(2-4-14)16-12(9-31)8-30-17(16)18(24)26-10-27-30/h1-10H,(H2,24,26,27)(H2,25,28,29,32). The zero-order chi connectivity index (χ0) is 22.9. The molecule has 1 aromatic carbocycles. The molecule has 0 fully saturated rings. The van der Waals surface area contributed by atoms with Gasteiger partial charge in [-0.15, -0.1) is 0 Å². The first-order valence-corrected chi connectivity index (χ1v) is 9.05. The number of carbonyl (C=O) groups excluding carboxylic acids is 2. The van der Waals surface area contributed by atoms with E-state index in [1.807, 2.05) is 0 Å². The minimum absolute atomic E-state index is 0.193. The van der Waals surface area contributed by atoms with Crippen LogP contribution < -0.4 is 16.4 Å². The molecule has 0 radical (unpaired) electrons. The SMILES string of the molecule is Nc1ncnn2cc(C=O)c(-c3ccc(NC(=O)Nc4cc(C(F)(F)F)ccn4)cc3)c12. The molecule has 0 atom stereocenters. The number of nitrogens with zero attached hydrogens (tertiary/aromatic N) is 4. The van der Waals surface area contributed by atoms with E-state index in [9.17, 15) is 22.8 Å². The van der Waals surface area contributed by atoms with Gasteiger partial charge in [0.05, 0.1) is 5.56 Å². The predicted octanol–water partition coefficient (Wildman–Crippen LogP) is 3.85. The van der Waals surface area contributed by atoms with E-state index >= 15 is 0 Å². The number of anilines is 3. The number of urea groups is 1. The number of pyridine rings is 1. The molecule has 4 aromatic rings. The van der Waals surface area contributed by atoms with Crippen molar-refractivity contribution >= 4 is 35.2 Å². The fourth-order valence-corrected chi connectivity index (χ4v) is 3.12. The second kappa shape index (κ2) is 7.98. The molecule has 32 heavy (non-hydrogen) atoms. The van der Waals surface area contributed by atoms with Crippen molar-refractivity contribution in [3.8, 4) is 11.1 Å². The summed E-state index contributed by atoms with van der Waals surface area (Å²) in [5.74, 6) is -0.0569. The highest BCUT2D eigenvalue weighted by Crippen LogP contribution is 2.32. The first-order chi connectivity index (χ1) is 15.3. The van der Waals surface area contributed by atoms with E-state index in [0.717, 1.165) is 18.3 Å². The van der Waals surface area contributed by atoms with Gasteiger partial charge in [-0.05, 0) is 29.8 Å². The van der Waals surface area contributed by atoms with Gasteiger partial charge in [0.25, 0.3) is 0 Å². The third-order valence-electron chi connectivity index (χ3n) is 4.52. The van der Waals surface area contributed by atoms with Gasteiger partial charge in [0.1, 0.15) is 17.7 Å². The largest absolute Gasteiger partial charge is 0.416 e. The lowest BCUT2D eigenvalue weighted by atomic mass is 10.0. The number of hydrogen-bond donors (Lipinski definition) is 3. The fourth-order valence-electron chi connectivity index (χ4n) is 3.12. The Labute approximate surface area is 178 Å². The molecule has 162 valence electrons. The number of nitrogens with two attached hydrogens (primary N) is 1. The molecular formula is C20H14F3N7O2. The topological polar surface area (TPSA) is 127 Å². The Balaban J connectivity index is 1.54. The number of rotatable bonds is 4. The van der Waals surface area contributed by atoms with Crippen LogP contribution in [0.2, 0.25) is 0 Å². The summed E-state index contributed by atoms with van der Waals surface area (Å²) < 4.78 is 39.8. The second-order valence-electron chi connectivity index (χ2n) is 6.60. The summed E-state index contributed by atoms with van der Waals surface area (Å²) in [6, 6.07) is 7.18. The molecule has 0 aliphatic rings. The zero-order valence-electron chi connectivity index (χ0n) is 16.1. The van der Waals surface area contributed by atoms with Gasteiger partial charge in [-0.3, -0.25) is 10.1 Å². The third kappa shape index (κ3) is 4.05. The number of alkyl halides is 3. The van der Waals surface area contributed by atoms with Crippen LogP contribution in [0, 0.1) is 0 Å². The van der Waals surface area contributed by atoms with Gasteiger partial charge in [0, 0.05) is 29.2 Å². The van der Waals surface area contributed by atoms with Crippen LogP contribution in [0.5, 0.6) is 0 Å². The minimum atomic E-state index is -4.55. The molecule has 3 aromatic heterocycles. The molecular weight excluding hydrogens is 427 g/mol. The number of benzene rings is 1. The maximum Gasteiger partial charge on any atom is 0.416 e. The van der Waals surface area contributed by atoms with Crippen LogP contribution in [0.1, 0.15) is 15.9 Å². The normalized spacial score (nSPS) is 11.3. The monoisotopic (exact) mass is 441 g/mol. The minimum Gasteiger partial charge on any atom is -0.382 e. The summed E-state index contributed by atoms with van der Waals surface area (Å²) in [6.45, 7) is 0. The maximum atomic E-state index is 12.8. The van der Waals surface area contributed by atoms with E-state index in [0.29, 0.717) is 34.2 Å². The van der Waals surface area contributed by atoms with Crippen molar-refractivity contribution < 1.29 is 22.8 Å². The van der Waals surface area contributed by atoms with Crippen LogP contribution in [-0.2, 0) is 6.18 Å². The summed E-state index contributed by atoms with van der Waals surface area (Å²) in [4.78, 5) is 31.3. The van der Waals surface area contributed by atoms with Crippen molar-refractivity contribution in [3.05, 3.63) is 66.2 Å². The van der Waals surface area contributed by atoms with E-state index in [1.54, 1.807) is 24.3 Å². The van der Waals surface area contributed by atoms with Gasteiger partial charge in [-0.2, -0.15) is 18.3 Å². The van der Waals surface area contributed by atoms with E-state index in [1.165, 1.54) is 17.0 Å². The molecule has 0 aliphatic carbocycles. The number of nitrogens with one attached hydrogen (secondary N) is 2. The third-order valence-corrected chi connectivity index (χ3v) is 4.52. The highest BCUT2D eigenvalue weighted by Gasteiger charge is 2.30. The smallest absolute Gasteiger partial charge is 0.382 e. The molecule has 12 heteroatoms. The summed E-state index contributed by atoms with van der Waals surface area (Å²) in [5, 5.41) is 8.79. The van der Waals surface area contributed by atoms with Gasteiger partial charge in [-0.25, -0.2) is 19.3 Å². The number of hydrogen-bond acceptors (Lipinski definition) is 6. The fraction of sp³-hybridized carbons (Fsp3) is 0.0500. The molecule has 0 saturated carbocycles. The Kier molecular flexibility index (Phi) is 5.18. The van der Waals surface area contributed by atoms with Crippen LogP contribution in [0.25, 0.3) is 16.6 Å². The van der Waals surface area contributed by atoms with Gasteiger partial charge in [0.15, 0.2) is 12.1 Å². The Morgan fingerprint density at radius 3 is 2.53 bits per heavy atom. The van der Waals surface area contributed by atoms with Crippen molar-refractivity contribution in [1.82, 2.24) is 19.6 Å². The number of aldehydes is 1. The number of halogens is 3. The van der Waals surface area contributed by atoms with E-state index in [-0.39, 0.29) is 11.6 Å². The molecule has 0 saturated heterocycles. The van der Waals surface area contributed by atoms with E-state index < -0.39 is 17.8 Å². The Morgan fingerprint density at radius 2 is 1.84 bits per heavy atom. The molecule has 0 unspecified atom stereocenters. The van der Waals surface area contributed by atoms with Gasteiger partial charge < -0.3 is 11.1 Å². The summed E-state index contributed by atoms with van der Waals surface area (Å²) in [6.07, 6.45) is -0.132. The van der Waals surface area contributed by atoms with Gasteiger partial charge >= 0.3 is 12.2 Å². The van der Waals surface area contributed by atoms with Crippen LogP contribution in [0.3, 0.4) is 0 Å². The highest BCUT2D eigenvalue weighted by atomic mass is 19.4. The Bertz CT molecular complexity index is 1320. The summed E-state index contributed by atoms with van der Waals surface area (Å²) in [5.41, 5.74) is 7.34. The maximum absolute atomic E-state index is 12.8. The Hall–Kier alpha value is -4.48. The van der Waals surface area contributed by atoms with Gasteiger partial charge in [-0.1, -0.05) is 12.1 Å². The number of aromatic nitrogens is 4. The van der Waals surface area contributed by atoms with Crippen molar-refractivity contribution in [1.29, 1.82) is 0 Å². The summed E-state index contributed by atoms with van der Waals surface area (Å²) in [7, 11) is 0. The van der Waals surface area contributed by atoms with Crippen LogP contribution in [0.15, 0.2) is 55.1 Å². The first kappa shape index (κ1) is 20.8. The number of nitrogen functional groups attached to an aromatic ring is 1. The lowest BCUT2D eigenvalue weighted by molar-refractivity contribution is -0.137. The average molecular weight is 441 g/mol. The number of fused-ring (bicyclic) bond motifs is 1. The van der Waals surface area contributed by atoms with Crippen molar-refractivity contribution in [2.45, 2.75) is 6.18 Å². The quantitative estimate of drug-likeness (QED) is 0.413. The zero-order valence-corrected chi connectivity index (χ0v) is 16.1. The Morgan fingerprint density at radius 1 is 1.09 bits per heavy atom. The molecule has 0 spiro atoms. The van der Waals surface area contributed by atoms with Gasteiger partial charge in [0.2, 0.25) is 0 Å². The number of carbonyl (C=O) groups is 2. The molecule has 9 nitrogen and oxygen atoms in total. The average Bonchev–Trinajstić information content (AvgIpc) is 3.14. The lowest BCUT2D eigenvalue weighted by Crippen LogP contribution is -2.20. The molecule has 4 rings (SSSR count). The van der Waals surface area contributed by atoms with Crippen molar-refractivity contribution in [2.24, 2.45) is 0 Å². The van der Waals surface area contributed by atoms with Crippen molar-refractivity contribution in [3.63, 3.8) is 0 Å². The molecule has 3 heterocycles. The van der Waals surface area contributed by atoms with E-state index in [2.05, 4.69) is 25.7 Å².